The summed E-state index contributed by atoms with van der Waals surface area (Å²) in [6.45, 7) is 0.350. The van der Waals surface area contributed by atoms with Crippen LogP contribution in [0.25, 0.3) is 0 Å². The first-order valence-corrected chi connectivity index (χ1v) is 5.03. The van der Waals surface area contributed by atoms with Crippen molar-refractivity contribution in [2.75, 3.05) is 18.9 Å². The van der Waals surface area contributed by atoms with Crippen molar-refractivity contribution in [1.29, 1.82) is 0 Å². The fourth-order valence-corrected chi connectivity index (χ4v) is 1.26. The minimum atomic E-state index is -4.69. The Morgan fingerprint density at radius 1 is 1.33 bits per heavy atom. The van der Waals surface area contributed by atoms with E-state index in [1.54, 1.807) is 0 Å². The lowest BCUT2D eigenvalue weighted by Crippen LogP contribution is -2.18. The molecule has 0 saturated heterocycles. The van der Waals surface area contributed by atoms with Gasteiger partial charge in [-0.15, -0.1) is 13.2 Å². The lowest BCUT2D eigenvalue weighted by atomic mass is 10.1. The lowest BCUT2D eigenvalue weighted by Gasteiger charge is -2.11. The van der Waals surface area contributed by atoms with Gasteiger partial charge in [0.05, 0.1) is 12.2 Å². The number of Topliss-reactive ketones (excluding diaryl/α,β-unsaturated/α-hetero) is 1. The van der Waals surface area contributed by atoms with Crippen molar-refractivity contribution >= 4 is 11.5 Å². The number of anilines is 1. The number of ketones is 1. The van der Waals surface area contributed by atoms with Crippen molar-refractivity contribution in [3.8, 4) is 5.75 Å². The van der Waals surface area contributed by atoms with Crippen LogP contribution < -0.4 is 10.5 Å². The first-order valence-electron chi connectivity index (χ1n) is 5.03. The zero-order chi connectivity index (χ0) is 13.8. The Morgan fingerprint density at radius 2 is 2.00 bits per heavy atom. The van der Waals surface area contributed by atoms with E-state index in [-0.39, 0.29) is 23.7 Å². The molecule has 0 aliphatic carbocycles. The summed E-state index contributed by atoms with van der Waals surface area (Å²) in [5, 5.41) is 0. The molecule has 2 N–H and O–H groups in total. The van der Waals surface area contributed by atoms with Crippen LogP contribution in [-0.4, -0.2) is 25.4 Å². The molecule has 0 atom stereocenters. The Balaban J connectivity index is 2.59. The smallest absolute Gasteiger partial charge is 0.490 e. The van der Waals surface area contributed by atoms with Crippen LogP contribution in [0.1, 0.15) is 17.3 Å². The minimum absolute atomic E-state index is 0.183. The van der Waals surface area contributed by atoms with Gasteiger partial charge in [-0.3, -0.25) is 9.53 Å². The van der Waals surface area contributed by atoms with Crippen LogP contribution in [0.4, 0.5) is 18.9 Å². The van der Waals surface area contributed by atoms with Gasteiger partial charge >= 0.3 is 6.36 Å². The molecule has 0 aliphatic heterocycles. The number of alkyl halides is 3. The summed E-state index contributed by atoms with van der Waals surface area (Å²) in [6, 6.07) is 4.33. The van der Waals surface area contributed by atoms with E-state index in [2.05, 4.69) is 4.74 Å². The Morgan fingerprint density at radius 3 is 2.56 bits per heavy atom. The first-order chi connectivity index (χ1) is 8.29. The number of carbonyl (C=O) groups excluding carboxylic acids is 1. The number of benzene rings is 1. The number of halogens is 3. The molecule has 0 aliphatic rings. The van der Waals surface area contributed by atoms with E-state index in [1.165, 1.54) is 25.1 Å². The van der Waals surface area contributed by atoms with E-state index < -0.39 is 13.0 Å². The average molecular weight is 263 g/mol. The molecule has 100 valence electrons. The van der Waals surface area contributed by atoms with Crippen molar-refractivity contribution in [3.05, 3.63) is 23.8 Å². The second kappa shape index (κ2) is 5.72. The average Bonchev–Trinajstić information content (AvgIpc) is 2.24. The topological polar surface area (TPSA) is 61.6 Å². The molecule has 1 aromatic carbocycles. The van der Waals surface area contributed by atoms with Gasteiger partial charge in [-0.2, -0.15) is 0 Å². The van der Waals surface area contributed by atoms with E-state index in [0.29, 0.717) is 5.69 Å². The minimum Gasteiger partial charge on any atom is -0.490 e. The first kappa shape index (κ1) is 14.3. The number of ether oxygens (including phenoxy) is 2. The van der Waals surface area contributed by atoms with Gasteiger partial charge in [0, 0.05) is 5.69 Å². The summed E-state index contributed by atoms with van der Waals surface area (Å²) in [7, 11) is 0. The fraction of sp³-hybridized carbons (Fsp3) is 0.364. The number of hydrogen-bond acceptors (Lipinski definition) is 4. The van der Waals surface area contributed by atoms with Gasteiger partial charge in [0.15, 0.2) is 5.78 Å². The molecule has 18 heavy (non-hydrogen) atoms. The molecule has 0 unspecified atom stereocenters. The quantitative estimate of drug-likeness (QED) is 0.503. The number of nitrogen functional groups attached to an aromatic ring is 1. The van der Waals surface area contributed by atoms with Crippen LogP contribution in [0.3, 0.4) is 0 Å². The molecule has 0 bridgehead atoms. The highest BCUT2D eigenvalue weighted by Gasteiger charge is 2.28. The van der Waals surface area contributed by atoms with Crippen molar-refractivity contribution in [1.82, 2.24) is 0 Å². The predicted molar refractivity (Wildman–Crippen MR) is 58.4 cm³/mol. The number of rotatable bonds is 5. The van der Waals surface area contributed by atoms with E-state index in [1.807, 2.05) is 0 Å². The third kappa shape index (κ3) is 4.62. The third-order valence-corrected chi connectivity index (χ3v) is 1.99. The normalized spacial score (nSPS) is 11.3. The number of hydrogen-bond donors (Lipinski definition) is 1. The summed E-state index contributed by atoms with van der Waals surface area (Å²) in [5.41, 5.74) is 6.09. The maximum atomic E-state index is 11.7. The van der Waals surface area contributed by atoms with Gasteiger partial charge in [-0.25, -0.2) is 0 Å². The Hall–Kier alpha value is -1.76. The van der Waals surface area contributed by atoms with Crippen LogP contribution >= 0.6 is 0 Å². The van der Waals surface area contributed by atoms with Crippen LogP contribution in [0.5, 0.6) is 5.75 Å². The monoisotopic (exact) mass is 263 g/mol. The van der Waals surface area contributed by atoms with Gasteiger partial charge in [0.1, 0.15) is 12.4 Å². The molecule has 0 aromatic heterocycles. The Labute approximate surface area is 101 Å². The molecule has 0 spiro atoms. The summed E-state index contributed by atoms with van der Waals surface area (Å²) in [6.07, 6.45) is -4.69. The second-order valence-corrected chi connectivity index (χ2v) is 3.45. The summed E-state index contributed by atoms with van der Waals surface area (Å²) in [4.78, 5) is 11.3. The summed E-state index contributed by atoms with van der Waals surface area (Å²) < 4.78 is 43.7. The van der Waals surface area contributed by atoms with Crippen LogP contribution in [0, 0.1) is 0 Å². The van der Waals surface area contributed by atoms with Crippen LogP contribution in [-0.2, 0) is 4.74 Å². The molecule has 1 rings (SSSR count). The van der Waals surface area contributed by atoms with Crippen molar-refractivity contribution in [3.63, 3.8) is 0 Å². The van der Waals surface area contributed by atoms with Crippen molar-refractivity contribution in [2.24, 2.45) is 0 Å². The van der Waals surface area contributed by atoms with E-state index >= 15 is 0 Å². The molecular formula is C11H12F3NO3. The zero-order valence-electron chi connectivity index (χ0n) is 9.58. The number of nitrogens with two attached hydrogens (primary N) is 1. The number of carbonyl (C=O) groups is 1. The van der Waals surface area contributed by atoms with Crippen molar-refractivity contribution in [2.45, 2.75) is 13.3 Å². The lowest BCUT2D eigenvalue weighted by molar-refractivity contribution is -0.325. The van der Waals surface area contributed by atoms with Gasteiger partial charge in [-0.05, 0) is 25.1 Å². The standard InChI is InChI=1S/C11H12F3NO3/c1-7(16)9-6-8(15)2-3-10(9)17-4-5-18-11(12,13)14/h2-3,6H,4-5,15H2,1H3. The Bertz CT molecular complexity index is 432. The molecule has 0 heterocycles. The highest BCUT2D eigenvalue weighted by molar-refractivity contribution is 5.97. The van der Waals surface area contributed by atoms with Gasteiger partial charge < -0.3 is 10.5 Å². The molecule has 1 aromatic rings. The van der Waals surface area contributed by atoms with Crippen molar-refractivity contribution < 1.29 is 27.4 Å². The Kier molecular flexibility index (Phi) is 4.55. The SMILES string of the molecule is CC(=O)c1cc(N)ccc1OCCOC(F)(F)F. The fourth-order valence-electron chi connectivity index (χ4n) is 1.26. The molecule has 0 radical (unpaired) electrons. The largest absolute Gasteiger partial charge is 0.522 e. The van der Waals surface area contributed by atoms with Gasteiger partial charge in [0.25, 0.3) is 0 Å². The third-order valence-electron chi connectivity index (χ3n) is 1.99. The zero-order valence-corrected chi connectivity index (χ0v) is 9.58. The second-order valence-electron chi connectivity index (χ2n) is 3.45. The highest BCUT2D eigenvalue weighted by atomic mass is 19.4. The maximum Gasteiger partial charge on any atom is 0.522 e. The predicted octanol–water partition coefficient (Wildman–Crippen LogP) is 2.39. The molecule has 7 heteroatoms. The van der Waals surface area contributed by atoms with E-state index in [9.17, 15) is 18.0 Å². The summed E-state index contributed by atoms with van der Waals surface area (Å²) in [5.74, 6) is -0.100. The molecule has 0 amide bonds. The molecule has 0 fully saturated rings. The van der Waals surface area contributed by atoms with Gasteiger partial charge in [-0.1, -0.05) is 0 Å². The molecule has 0 saturated carbocycles. The maximum absolute atomic E-state index is 11.7. The summed E-state index contributed by atoms with van der Waals surface area (Å²) >= 11 is 0. The molecule has 4 nitrogen and oxygen atoms in total. The van der Waals surface area contributed by atoms with Crippen LogP contribution in [0.2, 0.25) is 0 Å². The van der Waals surface area contributed by atoms with E-state index in [0.717, 1.165) is 0 Å². The van der Waals surface area contributed by atoms with Crippen LogP contribution in [0.15, 0.2) is 18.2 Å². The molecular weight excluding hydrogens is 251 g/mol. The van der Waals surface area contributed by atoms with E-state index in [4.69, 9.17) is 10.5 Å². The van der Waals surface area contributed by atoms with Gasteiger partial charge in [0.2, 0.25) is 0 Å². The highest BCUT2D eigenvalue weighted by Crippen LogP contribution is 2.22.